The minimum atomic E-state index is -0.252. The molecular weight excluding hydrogens is 382 g/mol. The molecule has 0 amide bonds. The number of para-hydroxylation sites is 1. The van der Waals surface area contributed by atoms with Crippen molar-refractivity contribution in [1.82, 2.24) is 19.7 Å². The summed E-state index contributed by atoms with van der Waals surface area (Å²) in [6, 6.07) is 15.2. The normalized spacial score (nSPS) is 15.1. The molecule has 8 heteroatoms. The molecule has 1 aliphatic rings. The predicted octanol–water partition coefficient (Wildman–Crippen LogP) is 2.16. The summed E-state index contributed by atoms with van der Waals surface area (Å²) >= 11 is 0. The van der Waals surface area contributed by atoms with Crippen LogP contribution in [0.25, 0.3) is 27.5 Å². The first-order valence-electron chi connectivity index (χ1n) is 10.0. The summed E-state index contributed by atoms with van der Waals surface area (Å²) in [7, 11) is 0. The Morgan fingerprint density at radius 1 is 1.13 bits per heavy atom. The van der Waals surface area contributed by atoms with Gasteiger partial charge in [0.15, 0.2) is 0 Å². The van der Waals surface area contributed by atoms with E-state index in [-0.39, 0.29) is 5.56 Å². The van der Waals surface area contributed by atoms with E-state index in [0.29, 0.717) is 28.8 Å². The number of fused-ring (bicyclic) bond motifs is 3. The third-order valence-corrected chi connectivity index (χ3v) is 5.42. The van der Waals surface area contributed by atoms with Gasteiger partial charge in [0.1, 0.15) is 29.1 Å². The number of benzene rings is 2. The summed E-state index contributed by atoms with van der Waals surface area (Å²) in [4.78, 5) is 17.9. The van der Waals surface area contributed by atoms with Gasteiger partial charge in [-0.25, -0.2) is 4.68 Å². The van der Waals surface area contributed by atoms with Crippen LogP contribution in [0.1, 0.15) is 0 Å². The fraction of sp³-hybridized carbons (Fsp3) is 0.273. The van der Waals surface area contributed by atoms with Crippen molar-refractivity contribution in [3.63, 3.8) is 0 Å². The van der Waals surface area contributed by atoms with Gasteiger partial charge >= 0.3 is 0 Å². The van der Waals surface area contributed by atoms with Crippen LogP contribution in [-0.4, -0.2) is 59.1 Å². The second-order valence-electron chi connectivity index (χ2n) is 7.32. The van der Waals surface area contributed by atoms with Crippen molar-refractivity contribution in [3.05, 3.63) is 58.9 Å². The highest BCUT2D eigenvalue weighted by Gasteiger charge is 2.17. The number of morpholine rings is 1. The van der Waals surface area contributed by atoms with Crippen molar-refractivity contribution in [3.8, 4) is 11.4 Å². The molecule has 2 aromatic carbocycles. The topological polar surface area (TPSA) is 98.4 Å². The average molecular weight is 405 g/mol. The zero-order valence-corrected chi connectivity index (χ0v) is 16.5. The van der Waals surface area contributed by atoms with Crippen molar-refractivity contribution in [2.75, 3.05) is 45.2 Å². The first-order chi connectivity index (χ1) is 14.7. The number of hydrogen-bond donors (Lipinski definition) is 2. The van der Waals surface area contributed by atoms with Gasteiger partial charge in [0, 0.05) is 25.0 Å². The highest BCUT2D eigenvalue weighted by atomic mass is 16.5. The van der Waals surface area contributed by atoms with Gasteiger partial charge in [0.2, 0.25) is 0 Å². The lowest BCUT2D eigenvalue weighted by Crippen LogP contribution is -2.38. The van der Waals surface area contributed by atoms with E-state index in [2.05, 4.69) is 15.0 Å². The van der Waals surface area contributed by atoms with E-state index in [1.165, 1.54) is 0 Å². The third-order valence-electron chi connectivity index (χ3n) is 5.42. The first-order valence-corrected chi connectivity index (χ1v) is 10.0. The molecule has 0 aliphatic carbocycles. The summed E-state index contributed by atoms with van der Waals surface area (Å²) in [6.07, 6.45) is 0. The Bertz CT molecular complexity index is 1240. The Morgan fingerprint density at radius 2 is 1.93 bits per heavy atom. The molecule has 0 radical (unpaired) electrons. The summed E-state index contributed by atoms with van der Waals surface area (Å²) in [5.41, 5.74) is 8.11. The average Bonchev–Trinajstić information content (AvgIpc) is 3.14. The number of rotatable bonds is 5. The Kier molecular flexibility index (Phi) is 4.86. The van der Waals surface area contributed by atoms with Crippen molar-refractivity contribution in [2.24, 2.45) is 0 Å². The van der Waals surface area contributed by atoms with Crippen LogP contribution < -0.4 is 16.0 Å². The molecule has 0 spiro atoms. The van der Waals surface area contributed by atoms with E-state index < -0.39 is 0 Å². The van der Waals surface area contributed by atoms with E-state index in [4.69, 9.17) is 15.2 Å². The van der Waals surface area contributed by atoms with Crippen LogP contribution in [0.4, 0.5) is 5.82 Å². The highest BCUT2D eigenvalue weighted by Crippen LogP contribution is 2.29. The molecule has 2 aromatic heterocycles. The van der Waals surface area contributed by atoms with Gasteiger partial charge in [-0.05, 0) is 30.3 Å². The Balaban J connectivity index is 1.50. The van der Waals surface area contributed by atoms with E-state index in [0.717, 1.165) is 49.7 Å². The second kappa shape index (κ2) is 7.81. The quantitative estimate of drug-likeness (QED) is 0.528. The molecule has 30 heavy (non-hydrogen) atoms. The molecule has 3 heterocycles. The summed E-state index contributed by atoms with van der Waals surface area (Å²) in [5, 5.41) is 5.85. The monoisotopic (exact) mass is 405 g/mol. The Labute approximate surface area is 172 Å². The number of aromatic amines is 1. The number of pyridine rings is 1. The van der Waals surface area contributed by atoms with Gasteiger partial charge in [-0.3, -0.25) is 9.69 Å². The lowest BCUT2D eigenvalue weighted by atomic mass is 10.1. The van der Waals surface area contributed by atoms with Gasteiger partial charge in [-0.15, -0.1) is 0 Å². The molecule has 4 aromatic rings. The maximum atomic E-state index is 12.7. The zero-order chi connectivity index (χ0) is 20.5. The fourth-order valence-corrected chi connectivity index (χ4v) is 3.83. The molecular formula is C22H23N5O3. The number of nitrogens with zero attached hydrogens (tertiary/aromatic N) is 3. The highest BCUT2D eigenvalue weighted by molar-refractivity contribution is 6.07. The molecule has 1 aliphatic heterocycles. The van der Waals surface area contributed by atoms with Crippen LogP contribution in [0.5, 0.6) is 5.75 Å². The minimum absolute atomic E-state index is 0.252. The summed E-state index contributed by atoms with van der Waals surface area (Å²) < 4.78 is 13.0. The van der Waals surface area contributed by atoms with Crippen molar-refractivity contribution >= 4 is 27.6 Å². The number of nitrogens with two attached hydrogens (primary N) is 1. The van der Waals surface area contributed by atoms with Crippen LogP contribution in [0.2, 0.25) is 0 Å². The molecule has 0 saturated carbocycles. The maximum absolute atomic E-state index is 12.7. The Morgan fingerprint density at radius 3 is 2.73 bits per heavy atom. The molecule has 0 bridgehead atoms. The molecule has 1 saturated heterocycles. The molecule has 5 rings (SSSR count). The van der Waals surface area contributed by atoms with E-state index in [9.17, 15) is 4.79 Å². The molecule has 1 fully saturated rings. The lowest BCUT2D eigenvalue weighted by molar-refractivity contribution is 0.0322. The van der Waals surface area contributed by atoms with Crippen LogP contribution in [0.15, 0.2) is 53.3 Å². The van der Waals surface area contributed by atoms with Crippen LogP contribution >= 0.6 is 0 Å². The number of aromatic nitrogens is 3. The van der Waals surface area contributed by atoms with Gasteiger partial charge in [-0.1, -0.05) is 18.2 Å². The third kappa shape index (κ3) is 3.40. The minimum Gasteiger partial charge on any atom is -0.492 e. The second-order valence-corrected chi connectivity index (χ2v) is 7.32. The van der Waals surface area contributed by atoms with E-state index >= 15 is 0 Å². The van der Waals surface area contributed by atoms with Crippen LogP contribution in [0, 0.1) is 0 Å². The standard InChI is InChI=1S/C22H23N5O3/c23-21-19-20(25-27(21)15-4-2-1-3-5-15)17-14-16(6-7-18(17)24-22(19)28)30-13-10-26-8-11-29-12-9-26/h1-7,14H,8-13,23H2,(H,24,28). The van der Waals surface area contributed by atoms with Gasteiger partial charge < -0.3 is 20.2 Å². The number of anilines is 1. The lowest BCUT2D eigenvalue weighted by Gasteiger charge is -2.26. The number of H-pyrrole nitrogens is 1. The van der Waals surface area contributed by atoms with Gasteiger partial charge in [-0.2, -0.15) is 5.10 Å². The SMILES string of the molecule is Nc1c2c(=O)[nH]c3ccc(OCCN4CCOCC4)cc3c2nn1-c1ccccc1. The zero-order valence-electron chi connectivity index (χ0n) is 16.5. The van der Waals surface area contributed by atoms with Gasteiger partial charge in [0.25, 0.3) is 5.56 Å². The van der Waals surface area contributed by atoms with E-state index in [1.54, 1.807) is 4.68 Å². The van der Waals surface area contributed by atoms with Gasteiger partial charge in [0.05, 0.1) is 24.4 Å². The molecule has 3 N–H and O–H groups in total. The van der Waals surface area contributed by atoms with Crippen molar-refractivity contribution < 1.29 is 9.47 Å². The summed E-state index contributed by atoms with van der Waals surface area (Å²) in [5.74, 6) is 1.05. The fourth-order valence-electron chi connectivity index (χ4n) is 3.83. The van der Waals surface area contributed by atoms with Crippen LogP contribution in [-0.2, 0) is 4.74 Å². The smallest absolute Gasteiger partial charge is 0.261 e. The van der Waals surface area contributed by atoms with Crippen molar-refractivity contribution in [2.45, 2.75) is 0 Å². The Hall–Kier alpha value is -3.36. The van der Waals surface area contributed by atoms with E-state index in [1.807, 2.05) is 48.5 Å². The van der Waals surface area contributed by atoms with Crippen molar-refractivity contribution in [1.29, 1.82) is 0 Å². The predicted molar refractivity (Wildman–Crippen MR) is 116 cm³/mol. The molecule has 0 atom stereocenters. The largest absolute Gasteiger partial charge is 0.492 e. The first kappa shape index (κ1) is 18.7. The number of nitrogens with one attached hydrogen (secondary N) is 1. The van der Waals surface area contributed by atoms with Crippen LogP contribution in [0.3, 0.4) is 0 Å². The molecule has 0 unspecified atom stereocenters. The molecule has 154 valence electrons. The maximum Gasteiger partial charge on any atom is 0.261 e. The molecule has 8 nitrogen and oxygen atoms in total. The number of ether oxygens (including phenoxy) is 2. The number of nitrogen functional groups attached to an aromatic ring is 1. The summed E-state index contributed by atoms with van der Waals surface area (Å²) in [6.45, 7) is 4.83. The number of hydrogen-bond acceptors (Lipinski definition) is 6.